The van der Waals surface area contributed by atoms with Crippen LogP contribution in [-0.4, -0.2) is 27.3 Å². The van der Waals surface area contributed by atoms with Gasteiger partial charge in [0.05, 0.1) is 6.61 Å². The van der Waals surface area contributed by atoms with E-state index in [0.717, 1.165) is 22.4 Å². The summed E-state index contributed by atoms with van der Waals surface area (Å²) in [7, 11) is 0. The van der Waals surface area contributed by atoms with Crippen molar-refractivity contribution in [2.45, 2.75) is 30.7 Å². The number of aryl methyl sites for hydroxylation is 1. The molecule has 0 amide bonds. The van der Waals surface area contributed by atoms with E-state index in [1.54, 1.807) is 11.8 Å². The number of aromatic nitrogens is 3. The van der Waals surface area contributed by atoms with Crippen LogP contribution in [0.4, 0.5) is 0 Å². The van der Waals surface area contributed by atoms with E-state index in [1.807, 2.05) is 62.4 Å². The standard InChI is InChI=1S/C20H19N3O2S/c1-3-25-16-9-7-14(8-10-16)17-12-18(24)23-20(26-17)21-19(22-23)15-6-4-5-13(2)11-15/h4-11,17H,3,12H2,1-2H3/t17-/m1/s1. The summed E-state index contributed by atoms with van der Waals surface area (Å²) < 4.78 is 6.93. The van der Waals surface area contributed by atoms with Gasteiger partial charge in [-0.05, 0) is 37.6 Å². The van der Waals surface area contributed by atoms with Gasteiger partial charge >= 0.3 is 0 Å². The molecule has 0 radical (unpaired) electrons. The SMILES string of the molecule is CCOc1ccc([C@H]2CC(=O)n3nc(-c4cccc(C)c4)nc3S2)cc1. The van der Waals surface area contributed by atoms with Crippen LogP contribution in [0.3, 0.4) is 0 Å². The number of carbonyl (C=O) groups excluding carboxylic acids is 1. The number of fused-ring (bicyclic) bond motifs is 1. The minimum absolute atomic E-state index is 0.0240. The van der Waals surface area contributed by atoms with Crippen LogP contribution >= 0.6 is 11.8 Å². The molecule has 2 aromatic carbocycles. The van der Waals surface area contributed by atoms with Crippen molar-refractivity contribution in [1.82, 2.24) is 14.8 Å². The molecule has 4 rings (SSSR count). The van der Waals surface area contributed by atoms with Gasteiger partial charge in [0.15, 0.2) is 11.0 Å². The molecule has 0 spiro atoms. The molecule has 0 fully saturated rings. The van der Waals surface area contributed by atoms with Gasteiger partial charge < -0.3 is 4.74 Å². The number of carbonyl (C=O) groups is 1. The Labute approximate surface area is 156 Å². The number of rotatable bonds is 4. The predicted molar refractivity (Wildman–Crippen MR) is 102 cm³/mol. The molecule has 0 aliphatic carbocycles. The lowest BCUT2D eigenvalue weighted by atomic mass is 10.1. The average molecular weight is 365 g/mol. The Balaban J connectivity index is 1.61. The Hall–Kier alpha value is -2.60. The fourth-order valence-corrected chi connectivity index (χ4v) is 4.14. The third-order valence-electron chi connectivity index (χ3n) is 4.26. The number of hydrogen-bond acceptors (Lipinski definition) is 5. The monoisotopic (exact) mass is 365 g/mol. The highest BCUT2D eigenvalue weighted by Gasteiger charge is 2.30. The first-order chi connectivity index (χ1) is 12.6. The number of nitrogens with zero attached hydrogens (tertiary/aromatic N) is 3. The highest BCUT2D eigenvalue weighted by Crippen LogP contribution is 2.41. The first-order valence-corrected chi connectivity index (χ1v) is 9.48. The third kappa shape index (κ3) is 3.24. The number of ether oxygens (including phenoxy) is 1. The summed E-state index contributed by atoms with van der Waals surface area (Å²) in [5.74, 6) is 1.41. The largest absolute Gasteiger partial charge is 0.494 e. The van der Waals surface area contributed by atoms with E-state index < -0.39 is 0 Å². The van der Waals surface area contributed by atoms with Crippen molar-refractivity contribution in [1.29, 1.82) is 0 Å². The first kappa shape index (κ1) is 16.8. The summed E-state index contributed by atoms with van der Waals surface area (Å²) in [5, 5.41) is 5.12. The van der Waals surface area contributed by atoms with Gasteiger partial charge in [-0.3, -0.25) is 4.79 Å². The molecule has 1 aliphatic rings. The zero-order chi connectivity index (χ0) is 18.1. The third-order valence-corrected chi connectivity index (χ3v) is 5.46. The molecule has 6 heteroatoms. The van der Waals surface area contributed by atoms with Crippen LogP contribution in [0.5, 0.6) is 5.75 Å². The summed E-state index contributed by atoms with van der Waals surface area (Å²) in [6.45, 7) is 4.63. The van der Waals surface area contributed by atoms with Crippen LogP contribution in [0, 0.1) is 6.92 Å². The highest BCUT2D eigenvalue weighted by molar-refractivity contribution is 7.99. The van der Waals surface area contributed by atoms with Crippen LogP contribution in [0.1, 0.15) is 34.5 Å². The van der Waals surface area contributed by atoms with Crippen LogP contribution < -0.4 is 4.74 Å². The van der Waals surface area contributed by atoms with Crippen molar-refractivity contribution < 1.29 is 9.53 Å². The second-order valence-corrected chi connectivity index (χ2v) is 7.38. The van der Waals surface area contributed by atoms with Crippen molar-refractivity contribution in [3.8, 4) is 17.1 Å². The second kappa shape index (κ2) is 6.96. The van der Waals surface area contributed by atoms with Crippen LogP contribution in [0.15, 0.2) is 53.7 Å². The molecule has 0 N–H and O–H groups in total. The summed E-state index contributed by atoms with van der Waals surface area (Å²) in [6.07, 6.45) is 0.405. The summed E-state index contributed by atoms with van der Waals surface area (Å²) in [5.41, 5.74) is 3.16. The van der Waals surface area contributed by atoms with Crippen molar-refractivity contribution >= 4 is 17.7 Å². The molecule has 1 aliphatic heterocycles. The lowest BCUT2D eigenvalue weighted by Gasteiger charge is -2.20. The van der Waals surface area contributed by atoms with E-state index in [9.17, 15) is 4.79 Å². The number of thioether (sulfide) groups is 1. The Bertz CT molecular complexity index is 950. The van der Waals surface area contributed by atoms with Crippen LogP contribution in [0.2, 0.25) is 0 Å². The zero-order valence-electron chi connectivity index (χ0n) is 14.7. The fourth-order valence-electron chi connectivity index (χ4n) is 2.99. The first-order valence-electron chi connectivity index (χ1n) is 8.61. The Morgan fingerprint density at radius 1 is 1.23 bits per heavy atom. The number of hydrogen-bond donors (Lipinski definition) is 0. The Morgan fingerprint density at radius 3 is 2.77 bits per heavy atom. The topological polar surface area (TPSA) is 57.0 Å². The molecule has 0 bridgehead atoms. The van der Waals surface area contributed by atoms with E-state index in [1.165, 1.54) is 4.68 Å². The van der Waals surface area contributed by atoms with E-state index in [4.69, 9.17) is 4.74 Å². The van der Waals surface area contributed by atoms with Gasteiger partial charge in [-0.1, -0.05) is 47.7 Å². The lowest BCUT2D eigenvalue weighted by Crippen LogP contribution is -2.20. The van der Waals surface area contributed by atoms with Gasteiger partial charge in [-0.2, -0.15) is 4.68 Å². The van der Waals surface area contributed by atoms with E-state index in [0.29, 0.717) is 24.0 Å². The molecule has 26 heavy (non-hydrogen) atoms. The number of benzene rings is 2. The van der Waals surface area contributed by atoms with Gasteiger partial charge in [-0.25, -0.2) is 4.98 Å². The highest BCUT2D eigenvalue weighted by atomic mass is 32.2. The van der Waals surface area contributed by atoms with E-state index >= 15 is 0 Å². The maximum atomic E-state index is 12.6. The van der Waals surface area contributed by atoms with Crippen LogP contribution in [0.25, 0.3) is 11.4 Å². The van der Waals surface area contributed by atoms with Crippen LogP contribution in [-0.2, 0) is 0 Å². The van der Waals surface area contributed by atoms with Gasteiger partial charge in [0, 0.05) is 17.2 Å². The van der Waals surface area contributed by atoms with Gasteiger partial charge in [0.25, 0.3) is 5.91 Å². The van der Waals surface area contributed by atoms with Crippen molar-refractivity contribution in [2.24, 2.45) is 0 Å². The van der Waals surface area contributed by atoms with Crippen molar-refractivity contribution in [3.05, 3.63) is 59.7 Å². The molecule has 5 nitrogen and oxygen atoms in total. The molecule has 132 valence electrons. The Morgan fingerprint density at radius 2 is 2.04 bits per heavy atom. The molecule has 1 aromatic heterocycles. The molecular weight excluding hydrogens is 346 g/mol. The predicted octanol–water partition coefficient (Wildman–Crippen LogP) is 4.53. The van der Waals surface area contributed by atoms with E-state index in [-0.39, 0.29) is 11.2 Å². The second-order valence-electron chi connectivity index (χ2n) is 6.21. The lowest BCUT2D eigenvalue weighted by molar-refractivity contribution is 0.0868. The summed E-state index contributed by atoms with van der Waals surface area (Å²) >= 11 is 1.58. The molecule has 2 heterocycles. The zero-order valence-corrected chi connectivity index (χ0v) is 15.5. The molecule has 0 unspecified atom stereocenters. The molecule has 0 saturated carbocycles. The Kier molecular flexibility index (Phi) is 4.51. The maximum absolute atomic E-state index is 12.6. The van der Waals surface area contributed by atoms with E-state index in [2.05, 4.69) is 10.1 Å². The molecule has 0 saturated heterocycles. The molecular formula is C20H19N3O2S. The van der Waals surface area contributed by atoms with Gasteiger partial charge in [0.1, 0.15) is 5.75 Å². The molecule has 3 aromatic rings. The van der Waals surface area contributed by atoms with Gasteiger partial charge in [-0.15, -0.1) is 5.10 Å². The smallest absolute Gasteiger partial charge is 0.250 e. The quantitative estimate of drug-likeness (QED) is 0.680. The minimum atomic E-state index is -0.0240. The normalized spacial score (nSPS) is 16.4. The minimum Gasteiger partial charge on any atom is -0.494 e. The molecule has 1 atom stereocenters. The van der Waals surface area contributed by atoms with Crippen molar-refractivity contribution in [3.63, 3.8) is 0 Å². The summed E-state index contributed by atoms with van der Waals surface area (Å²) in [4.78, 5) is 17.2. The van der Waals surface area contributed by atoms with Crippen molar-refractivity contribution in [2.75, 3.05) is 6.61 Å². The average Bonchev–Trinajstić information content (AvgIpc) is 3.07. The maximum Gasteiger partial charge on any atom is 0.250 e. The van der Waals surface area contributed by atoms with Gasteiger partial charge in [0.2, 0.25) is 0 Å². The summed E-state index contributed by atoms with van der Waals surface area (Å²) in [6, 6.07) is 15.9. The fraction of sp³-hybridized carbons (Fsp3) is 0.250.